The van der Waals surface area contributed by atoms with E-state index in [2.05, 4.69) is 10.6 Å². The van der Waals surface area contributed by atoms with Crippen LogP contribution in [0.15, 0.2) is 159 Å². The van der Waals surface area contributed by atoms with E-state index < -0.39 is 35.1 Å². The molecule has 14 rings (SSSR count). The average Bonchev–Trinajstić information content (AvgIpc) is 1.62. The summed E-state index contributed by atoms with van der Waals surface area (Å²) in [6, 6.07) is 36.6. The van der Waals surface area contributed by atoms with E-state index in [0.29, 0.717) is 71.8 Å². The van der Waals surface area contributed by atoms with Crippen LogP contribution in [0.25, 0.3) is 71.0 Å². The van der Waals surface area contributed by atoms with Crippen LogP contribution in [0.3, 0.4) is 0 Å². The molecule has 0 aliphatic rings. The Hall–Kier alpha value is -5.99. The lowest BCUT2D eigenvalue weighted by atomic mass is 10.0. The van der Waals surface area contributed by atoms with Crippen LogP contribution in [0.1, 0.15) is 111 Å². The summed E-state index contributed by atoms with van der Waals surface area (Å²) in [7, 11) is 0. The quantitative estimate of drug-likeness (QED) is 0.0437. The maximum absolute atomic E-state index is 13.0. The molecule has 0 aliphatic carbocycles. The lowest BCUT2D eigenvalue weighted by molar-refractivity contribution is 0.00594. The number of benzene rings is 3. The molecular formula is C71H55Cl8N3O11S11. The zero-order chi connectivity index (χ0) is 75.7. The van der Waals surface area contributed by atoms with E-state index in [4.69, 9.17) is 113 Å². The number of carbonyl (C=O) groups is 7. The third kappa shape index (κ3) is 23.3. The van der Waals surface area contributed by atoms with E-state index in [1.54, 1.807) is 105 Å². The Labute approximate surface area is 680 Å². The number of carboxylic acid groups (broad SMARTS) is 2. The van der Waals surface area contributed by atoms with Crippen molar-refractivity contribution in [3.63, 3.8) is 0 Å². The number of hydrogen-bond donors (Lipinski definition) is 5. The summed E-state index contributed by atoms with van der Waals surface area (Å²) in [5, 5.41) is 40.4. The van der Waals surface area contributed by atoms with Gasteiger partial charge in [0.15, 0.2) is 0 Å². The van der Waals surface area contributed by atoms with E-state index in [9.17, 15) is 38.7 Å². The van der Waals surface area contributed by atoms with Gasteiger partial charge >= 0.3 is 23.9 Å². The summed E-state index contributed by atoms with van der Waals surface area (Å²) in [5.41, 5.74) is 10.1. The van der Waals surface area contributed by atoms with Crippen molar-refractivity contribution in [2.24, 2.45) is 0 Å². The molecule has 0 atom stereocenters. The Kier molecular flexibility index (Phi) is 31.1. The molecule has 0 unspecified atom stereocenters. The van der Waals surface area contributed by atoms with Crippen molar-refractivity contribution in [1.29, 1.82) is 0 Å². The zero-order valence-electron chi connectivity index (χ0n) is 54.7. The minimum absolute atomic E-state index is 0.0871. The number of rotatable bonds is 12. The molecule has 0 aliphatic heterocycles. The van der Waals surface area contributed by atoms with Crippen LogP contribution in [0.2, 0.25) is 15.1 Å². The molecule has 11 aromatic heterocycles. The van der Waals surface area contributed by atoms with Crippen LogP contribution in [-0.4, -0.2) is 73.0 Å². The van der Waals surface area contributed by atoms with Crippen molar-refractivity contribution >= 4 is 311 Å². The van der Waals surface area contributed by atoms with Gasteiger partial charge in [-0.3, -0.25) is 14.4 Å². The molecule has 0 saturated carbocycles. The van der Waals surface area contributed by atoms with Crippen LogP contribution in [0, 0.1) is 0 Å². The first-order valence-electron chi connectivity index (χ1n) is 29.6. The second-order valence-electron chi connectivity index (χ2n) is 22.7. The number of fused-ring (bicyclic) bond motifs is 4. The summed E-state index contributed by atoms with van der Waals surface area (Å²) in [4.78, 5) is 85.9. The molecule has 0 fully saturated rings. The fourth-order valence-electron chi connectivity index (χ4n) is 8.90. The molecule has 0 radical (unpaired) electrons. The van der Waals surface area contributed by atoms with Crippen molar-refractivity contribution in [3.05, 3.63) is 210 Å². The lowest BCUT2D eigenvalue weighted by Gasteiger charge is -2.20. The Morgan fingerprint density at radius 2 is 0.702 bits per heavy atom. The lowest BCUT2D eigenvalue weighted by Crippen LogP contribution is -2.24. The number of carbonyl (C=O) groups excluding carboxylic acids is 5. The van der Waals surface area contributed by atoms with Crippen molar-refractivity contribution in [2.75, 3.05) is 27.0 Å². The Balaban J connectivity index is 0.000000168. The van der Waals surface area contributed by atoms with Gasteiger partial charge in [-0.15, -0.1) is 171 Å². The highest BCUT2D eigenvalue weighted by Crippen LogP contribution is 2.42. The van der Waals surface area contributed by atoms with Crippen molar-refractivity contribution in [3.8, 4) is 33.4 Å². The van der Waals surface area contributed by atoms with Crippen LogP contribution < -0.4 is 16.4 Å². The third-order valence-electron chi connectivity index (χ3n) is 13.2. The largest absolute Gasteiger partial charge is 0.478 e. The number of hydrogen-bond acceptors (Lipinski definition) is 21. The molecule has 0 bridgehead atoms. The van der Waals surface area contributed by atoms with Crippen LogP contribution in [0.4, 0.5) is 15.0 Å². The minimum atomic E-state index is -1.08. The number of nitrogen functional groups attached to an aromatic ring is 1. The predicted molar refractivity (Wildman–Crippen MR) is 451 cm³/mol. The number of nitrogens with two attached hydrogens (primary N) is 1. The van der Waals surface area contributed by atoms with Gasteiger partial charge in [-0.25, -0.2) is 19.2 Å². The summed E-state index contributed by atoms with van der Waals surface area (Å²) in [6.07, 6.45) is 0. The molecule has 11 heterocycles. The number of ether oxygens (including phenoxy) is 2. The second-order valence-corrected chi connectivity index (χ2v) is 36.7. The summed E-state index contributed by atoms with van der Waals surface area (Å²) < 4.78 is 19.7. The standard InChI is InChI=1S/C22H18ClNO3S3.C18H10ClNO3S3.C15H16ClNO2S.C7H3ClOS2.C7H4O2S2.2CH2Cl2/c1-22(2,3)27-21(26)18-14(12-4-6-13(23)7-5-12)11-29-20(18)24-19(25)17-10-16-15(30-17)8-9-28-16;19-10-3-1-9(2-4-10)11-8-25-17(15(11)18(22)23)20-16(21)14-7-13-12(26-14)5-6-24-13;1-15(2,3)19-14(18)12-11(8-20-13(12)17)9-4-6-10(16)7-5-9;2*8-7(9)6-3-5-4(11-6)1-2-10-5;2*2-1-3/h4-11H,1-3H3,(H,24,25);1-8H,(H,20,21)(H,22,23);4-8H,17H2,1-3H3;1-3H;1-3H,(H,8,9);2*1H2. The molecule has 6 N–H and O–H groups in total. The van der Waals surface area contributed by atoms with Gasteiger partial charge in [0.1, 0.15) is 47.8 Å². The molecule has 104 heavy (non-hydrogen) atoms. The van der Waals surface area contributed by atoms with Gasteiger partial charge in [-0.1, -0.05) is 71.2 Å². The number of aromatic carboxylic acids is 2. The second kappa shape index (κ2) is 38.7. The Morgan fingerprint density at radius 1 is 0.404 bits per heavy atom. The highest BCUT2D eigenvalue weighted by Gasteiger charge is 2.29. The van der Waals surface area contributed by atoms with Gasteiger partial charge in [-0.2, -0.15) is 0 Å². The van der Waals surface area contributed by atoms with Gasteiger partial charge in [0.05, 0.1) is 25.3 Å². The molecule has 2 amide bonds. The molecule has 0 saturated heterocycles. The van der Waals surface area contributed by atoms with E-state index in [0.717, 1.165) is 59.9 Å². The highest BCUT2D eigenvalue weighted by atomic mass is 35.5. The first-order valence-corrected chi connectivity index (χ1v) is 42.7. The molecule has 14 nitrogen and oxygen atoms in total. The number of halogens is 8. The monoisotopic (exact) mass is 1760 g/mol. The van der Waals surface area contributed by atoms with Gasteiger partial charge in [0.2, 0.25) is 0 Å². The Bertz CT molecular complexity index is 5080. The number of esters is 2. The van der Waals surface area contributed by atoms with Crippen LogP contribution in [-0.2, 0) is 9.47 Å². The number of thiophene rings is 11. The van der Waals surface area contributed by atoms with E-state index in [1.165, 1.54) is 79.4 Å². The molecule has 0 spiro atoms. The van der Waals surface area contributed by atoms with Gasteiger partial charge in [0.25, 0.3) is 17.1 Å². The van der Waals surface area contributed by atoms with Crippen LogP contribution >= 0.6 is 218 Å². The number of anilines is 3. The van der Waals surface area contributed by atoms with Crippen molar-refractivity contribution in [1.82, 2.24) is 0 Å². The first-order chi connectivity index (χ1) is 49.4. The molecule has 542 valence electrons. The van der Waals surface area contributed by atoms with Gasteiger partial charge in [0, 0.05) is 85.5 Å². The van der Waals surface area contributed by atoms with Gasteiger partial charge < -0.3 is 36.1 Å². The SMILES string of the molecule is CC(C)(C)OC(=O)c1c(-c2ccc(Cl)cc2)csc1N.CC(C)(C)OC(=O)c1c(-c2ccc(Cl)cc2)csc1NC(=O)c1cc2sccc2s1.ClCCl.ClCCl.O=C(Cl)c1cc2sccc2s1.O=C(Nc1scc(-c2ccc(Cl)cc2)c1C(=O)O)c1cc2sccc2s1.O=C(O)c1cc2sccc2s1. The predicted octanol–water partition coefficient (Wildman–Crippen LogP) is 27.3. The maximum Gasteiger partial charge on any atom is 0.345 e. The molecule has 3 aromatic carbocycles. The first kappa shape index (κ1) is 83.6. The highest BCUT2D eigenvalue weighted by molar-refractivity contribution is 7.30. The third-order valence-corrected chi connectivity index (χ3v) is 25.2. The number of amides is 2. The van der Waals surface area contributed by atoms with Crippen molar-refractivity contribution in [2.45, 2.75) is 52.7 Å². The van der Waals surface area contributed by atoms with E-state index in [-0.39, 0.29) is 33.3 Å². The number of nitrogens with one attached hydrogen (secondary N) is 2. The van der Waals surface area contributed by atoms with Crippen LogP contribution in [0.5, 0.6) is 0 Å². The summed E-state index contributed by atoms with van der Waals surface area (Å²) in [5.74, 6) is -3.34. The molecular weight excluding hydrogens is 1710 g/mol. The van der Waals surface area contributed by atoms with E-state index in [1.807, 2.05) is 141 Å². The summed E-state index contributed by atoms with van der Waals surface area (Å²) >= 11 is 57.9. The summed E-state index contributed by atoms with van der Waals surface area (Å²) in [6.45, 7) is 10.9. The normalized spacial score (nSPS) is 10.9. The smallest absolute Gasteiger partial charge is 0.345 e. The number of alkyl halides is 4. The zero-order valence-corrected chi connectivity index (χ0v) is 69.7. The molecule has 14 aromatic rings. The maximum atomic E-state index is 13.0. The molecule has 33 heteroatoms. The van der Waals surface area contributed by atoms with Crippen molar-refractivity contribution < 1.29 is 53.2 Å². The fourth-order valence-corrected chi connectivity index (χ4v) is 20.1. The fraction of sp³-hybridized carbons (Fsp3) is 0.141. The topological polar surface area (TPSA) is 228 Å². The van der Waals surface area contributed by atoms with E-state index >= 15 is 0 Å². The average molecular weight is 1760 g/mol. The Morgan fingerprint density at radius 3 is 1.04 bits per heavy atom. The minimum Gasteiger partial charge on any atom is -0.478 e. The number of carboxylic acids is 2. The van der Waals surface area contributed by atoms with Gasteiger partial charge in [-0.05, 0) is 176 Å².